The smallest absolute Gasteiger partial charge is 0.205 e. The largest absolute Gasteiger partial charge is 0.493 e. The van der Waals surface area contributed by atoms with Crippen molar-refractivity contribution in [2.75, 3.05) is 7.11 Å². The Hall–Kier alpha value is -3.43. The quantitative estimate of drug-likeness (QED) is 0.727. The van der Waals surface area contributed by atoms with Crippen molar-refractivity contribution in [3.8, 4) is 17.6 Å². The summed E-state index contributed by atoms with van der Waals surface area (Å²) in [5, 5.41) is 10.3. The first-order valence-corrected chi connectivity index (χ1v) is 10.3. The molecule has 2 aromatic carbocycles. The lowest BCUT2D eigenvalue weighted by Crippen LogP contribution is -2.27. The number of nitrogens with two attached hydrogens (primary N) is 1. The van der Waals surface area contributed by atoms with Crippen LogP contribution in [0.3, 0.4) is 0 Å². The van der Waals surface area contributed by atoms with Crippen LogP contribution >= 0.6 is 11.6 Å². The van der Waals surface area contributed by atoms with E-state index in [4.69, 9.17) is 31.5 Å². The Morgan fingerprint density at radius 2 is 2.03 bits per heavy atom. The van der Waals surface area contributed by atoms with Crippen LogP contribution in [0, 0.1) is 11.3 Å². The van der Waals surface area contributed by atoms with Crippen LogP contribution in [0.2, 0.25) is 5.02 Å². The topological polar surface area (TPSA) is 94.6 Å². The zero-order valence-corrected chi connectivity index (χ0v) is 17.7. The molecule has 1 aliphatic carbocycles. The molecule has 2 aliphatic rings. The molecule has 1 heterocycles. The number of ether oxygens (including phenoxy) is 3. The minimum atomic E-state index is -0.590. The Labute approximate surface area is 185 Å². The van der Waals surface area contributed by atoms with Gasteiger partial charge in [0, 0.05) is 29.0 Å². The van der Waals surface area contributed by atoms with E-state index in [1.807, 2.05) is 24.3 Å². The normalized spacial score (nSPS) is 18.2. The highest BCUT2D eigenvalue weighted by Crippen LogP contribution is 2.45. The van der Waals surface area contributed by atoms with E-state index < -0.39 is 5.92 Å². The average Bonchev–Trinajstić information content (AvgIpc) is 2.77. The molecule has 0 bridgehead atoms. The van der Waals surface area contributed by atoms with E-state index >= 15 is 0 Å². The van der Waals surface area contributed by atoms with Crippen molar-refractivity contribution in [2.45, 2.75) is 31.8 Å². The summed E-state index contributed by atoms with van der Waals surface area (Å²) in [6.07, 6.45) is 1.75. The van der Waals surface area contributed by atoms with Gasteiger partial charge in [-0.25, -0.2) is 0 Å². The fourth-order valence-electron chi connectivity index (χ4n) is 3.94. The number of hydrogen-bond donors (Lipinski definition) is 1. The Kier molecular flexibility index (Phi) is 5.88. The van der Waals surface area contributed by atoms with Crippen LogP contribution in [-0.2, 0) is 16.1 Å². The van der Waals surface area contributed by atoms with E-state index in [0.717, 1.165) is 5.56 Å². The maximum Gasteiger partial charge on any atom is 0.205 e. The first-order valence-electron chi connectivity index (χ1n) is 9.91. The Bertz CT molecular complexity index is 1150. The van der Waals surface area contributed by atoms with Crippen molar-refractivity contribution in [3.05, 3.63) is 81.4 Å². The standard InChI is InChI=1S/C24H21ClN2O4/c1-29-21-11-14(9-10-19(21)30-13-15-5-2-3-6-17(15)25)22-16(12-26)24(27)31-20-8-4-7-18(28)23(20)22/h2-3,5-6,9-11,22H,4,7-8,13,27H2,1H3. The van der Waals surface area contributed by atoms with Crippen molar-refractivity contribution >= 4 is 17.4 Å². The SMILES string of the molecule is COc1cc(C2C(C#N)=C(N)OC3=C2C(=O)CCC3)ccc1OCc1ccccc1Cl. The van der Waals surface area contributed by atoms with Crippen LogP contribution < -0.4 is 15.2 Å². The van der Waals surface area contributed by atoms with Crippen LogP contribution in [0.4, 0.5) is 0 Å². The van der Waals surface area contributed by atoms with E-state index in [-0.39, 0.29) is 23.8 Å². The van der Waals surface area contributed by atoms with Gasteiger partial charge in [-0.1, -0.05) is 35.9 Å². The van der Waals surface area contributed by atoms with Gasteiger partial charge in [0.2, 0.25) is 5.88 Å². The number of rotatable bonds is 5. The molecule has 0 saturated carbocycles. The number of benzene rings is 2. The molecule has 0 radical (unpaired) electrons. The minimum Gasteiger partial charge on any atom is -0.493 e. The third-order valence-electron chi connectivity index (χ3n) is 5.47. The fourth-order valence-corrected chi connectivity index (χ4v) is 4.13. The fraction of sp³-hybridized carbons (Fsp3) is 0.250. The number of halogens is 1. The highest BCUT2D eigenvalue weighted by Gasteiger charge is 2.38. The molecule has 0 aromatic heterocycles. The number of hydrogen-bond acceptors (Lipinski definition) is 6. The summed E-state index contributed by atoms with van der Waals surface area (Å²) < 4.78 is 17.1. The molecule has 0 fully saturated rings. The lowest BCUT2D eigenvalue weighted by molar-refractivity contribution is -0.116. The van der Waals surface area contributed by atoms with Crippen LogP contribution in [0.5, 0.6) is 11.5 Å². The molecular weight excluding hydrogens is 416 g/mol. The monoisotopic (exact) mass is 436 g/mol. The molecular formula is C24H21ClN2O4. The second-order valence-electron chi connectivity index (χ2n) is 7.33. The van der Waals surface area contributed by atoms with Gasteiger partial charge in [-0.15, -0.1) is 0 Å². The van der Waals surface area contributed by atoms with Crippen molar-refractivity contribution < 1.29 is 19.0 Å². The van der Waals surface area contributed by atoms with E-state index in [0.29, 0.717) is 52.7 Å². The summed E-state index contributed by atoms with van der Waals surface area (Å²) in [6, 6.07) is 14.9. The predicted octanol–water partition coefficient (Wildman–Crippen LogP) is 4.74. The molecule has 4 rings (SSSR count). The molecule has 2 N–H and O–H groups in total. The second-order valence-corrected chi connectivity index (χ2v) is 7.74. The van der Waals surface area contributed by atoms with Crippen molar-refractivity contribution in [3.63, 3.8) is 0 Å². The zero-order valence-electron chi connectivity index (χ0n) is 17.0. The summed E-state index contributed by atoms with van der Waals surface area (Å²) in [5.74, 6) is 0.988. The van der Waals surface area contributed by atoms with E-state index in [2.05, 4.69) is 6.07 Å². The summed E-state index contributed by atoms with van der Waals surface area (Å²) >= 11 is 6.21. The maximum absolute atomic E-state index is 12.7. The summed E-state index contributed by atoms with van der Waals surface area (Å²) in [7, 11) is 1.54. The molecule has 0 amide bonds. The highest BCUT2D eigenvalue weighted by atomic mass is 35.5. The molecule has 1 unspecified atom stereocenters. The Morgan fingerprint density at radius 1 is 1.23 bits per heavy atom. The van der Waals surface area contributed by atoms with Gasteiger partial charge in [0.1, 0.15) is 24.0 Å². The molecule has 0 saturated heterocycles. The predicted molar refractivity (Wildman–Crippen MR) is 115 cm³/mol. The summed E-state index contributed by atoms with van der Waals surface area (Å²) in [4.78, 5) is 12.7. The minimum absolute atomic E-state index is 0.0236. The van der Waals surface area contributed by atoms with Gasteiger partial charge >= 0.3 is 0 Å². The highest BCUT2D eigenvalue weighted by molar-refractivity contribution is 6.31. The van der Waals surface area contributed by atoms with Gasteiger partial charge in [0.15, 0.2) is 17.3 Å². The van der Waals surface area contributed by atoms with Crippen molar-refractivity contribution in [2.24, 2.45) is 5.73 Å². The van der Waals surface area contributed by atoms with Gasteiger partial charge in [0.25, 0.3) is 0 Å². The molecule has 158 valence electrons. The zero-order chi connectivity index (χ0) is 22.0. The number of ketones is 1. The lowest BCUT2D eigenvalue weighted by Gasteiger charge is -2.31. The van der Waals surface area contributed by atoms with Gasteiger partial charge < -0.3 is 19.9 Å². The van der Waals surface area contributed by atoms with Gasteiger partial charge in [-0.05, 0) is 30.2 Å². The molecule has 2 aromatic rings. The number of Topliss-reactive ketones (excluding diaryl/α,β-unsaturated/α-hetero) is 1. The third kappa shape index (κ3) is 3.97. The van der Waals surface area contributed by atoms with E-state index in [1.165, 1.54) is 7.11 Å². The number of allylic oxidation sites excluding steroid dienone is 3. The van der Waals surface area contributed by atoms with Crippen LogP contribution in [0.25, 0.3) is 0 Å². The van der Waals surface area contributed by atoms with Crippen LogP contribution in [-0.4, -0.2) is 12.9 Å². The maximum atomic E-state index is 12.7. The summed E-state index contributed by atoms with van der Waals surface area (Å²) in [6.45, 7) is 0.275. The van der Waals surface area contributed by atoms with Gasteiger partial charge in [0.05, 0.1) is 13.0 Å². The van der Waals surface area contributed by atoms with Crippen LogP contribution in [0.15, 0.2) is 65.3 Å². The first-order chi connectivity index (χ1) is 15.0. The summed E-state index contributed by atoms with van der Waals surface area (Å²) in [5.41, 5.74) is 8.31. The van der Waals surface area contributed by atoms with Gasteiger partial charge in [-0.2, -0.15) is 5.26 Å². The number of methoxy groups -OCH3 is 1. The van der Waals surface area contributed by atoms with E-state index in [9.17, 15) is 10.1 Å². The Morgan fingerprint density at radius 3 is 2.77 bits per heavy atom. The number of carbonyl (C=O) groups excluding carboxylic acids is 1. The molecule has 6 nitrogen and oxygen atoms in total. The number of nitrogens with zero attached hydrogens (tertiary/aromatic N) is 1. The van der Waals surface area contributed by atoms with Crippen LogP contribution in [0.1, 0.15) is 36.3 Å². The molecule has 1 aliphatic heterocycles. The molecule has 1 atom stereocenters. The number of nitriles is 1. The molecule has 7 heteroatoms. The lowest BCUT2D eigenvalue weighted by atomic mass is 9.77. The van der Waals surface area contributed by atoms with E-state index in [1.54, 1.807) is 18.2 Å². The van der Waals surface area contributed by atoms with Crippen molar-refractivity contribution in [1.82, 2.24) is 0 Å². The first kappa shape index (κ1) is 20.8. The molecule has 0 spiro atoms. The Balaban J connectivity index is 1.69. The molecule has 31 heavy (non-hydrogen) atoms. The average molecular weight is 437 g/mol. The van der Waals surface area contributed by atoms with Gasteiger partial charge in [-0.3, -0.25) is 4.79 Å². The second kappa shape index (κ2) is 8.75. The number of carbonyl (C=O) groups is 1. The van der Waals surface area contributed by atoms with Crippen molar-refractivity contribution in [1.29, 1.82) is 5.26 Å². The third-order valence-corrected chi connectivity index (χ3v) is 5.84.